The van der Waals surface area contributed by atoms with E-state index >= 15 is 0 Å². The number of fused-ring (bicyclic) bond motifs is 3. The second-order valence-electron chi connectivity index (χ2n) is 8.76. The smallest absolute Gasteiger partial charge is 0.309 e. The van der Waals surface area contributed by atoms with Crippen LogP contribution in [-0.2, 0) is 14.3 Å². The third-order valence-corrected chi connectivity index (χ3v) is 7.36. The summed E-state index contributed by atoms with van der Waals surface area (Å²) in [7, 11) is 0. The fraction of sp³-hybridized carbons (Fsp3) is 0.895. The second-order valence-corrected chi connectivity index (χ2v) is 8.76. The number of hydrogen-bond acceptors (Lipinski definition) is 3. The normalized spacial score (nSPS) is 46.4. The van der Waals surface area contributed by atoms with Crippen LogP contribution in [0.4, 0.5) is 0 Å². The molecule has 6 atom stereocenters. The van der Waals surface area contributed by atoms with Crippen LogP contribution in [-0.4, -0.2) is 23.1 Å². The lowest BCUT2D eigenvalue weighted by atomic mass is 9.47. The average Bonchev–Trinajstić information content (AvgIpc) is 2.47. The van der Waals surface area contributed by atoms with Crippen molar-refractivity contribution in [3.8, 4) is 0 Å². The van der Waals surface area contributed by atoms with Gasteiger partial charge < -0.3 is 9.84 Å². The summed E-state index contributed by atoms with van der Waals surface area (Å²) in [4.78, 5) is 22.8. The molecule has 3 rings (SSSR count). The Bertz CT molecular complexity index is 502. The number of carbonyl (C=O) groups excluding carboxylic acids is 1. The van der Waals surface area contributed by atoms with Crippen molar-refractivity contribution in [2.45, 2.75) is 78.2 Å². The minimum atomic E-state index is -0.623. The highest BCUT2D eigenvalue weighted by molar-refractivity contribution is 5.74. The number of rotatable bonds is 2. The maximum absolute atomic E-state index is 11.6. The van der Waals surface area contributed by atoms with E-state index in [9.17, 15) is 14.7 Å². The minimum absolute atomic E-state index is 0.0926. The number of carboxylic acids is 1. The van der Waals surface area contributed by atoms with Gasteiger partial charge in [-0.15, -0.1) is 0 Å². The number of hydrogen-bond donors (Lipinski definition) is 1. The van der Waals surface area contributed by atoms with Gasteiger partial charge in [0.25, 0.3) is 0 Å². The van der Waals surface area contributed by atoms with Crippen LogP contribution in [0.15, 0.2) is 0 Å². The molecular formula is C19H30O4. The molecule has 3 fully saturated rings. The van der Waals surface area contributed by atoms with Crippen LogP contribution in [0.5, 0.6) is 0 Å². The van der Waals surface area contributed by atoms with E-state index in [1.807, 2.05) is 6.92 Å². The molecule has 0 amide bonds. The van der Waals surface area contributed by atoms with Crippen LogP contribution in [0.2, 0.25) is 0 Å². The van der Waals surface area contributed by atoms with Gasteiger partial charge in [0.1, 0.15) is 6.10 Å². The topological polar surface area (TPSA) is 63.6 Å². The van der Waals surface area contributed by atoms with Gasteiger partial charge in [-0.25, -0.2) is 0 Å². The van der Waals surface area contributed by atoms with Gasteiger partial charge in [0.05, 0.1) is 5.41 Å². The van der Waals surface area contributed by atoms with Crippen LogP contribution in [0, 0.1) is 28.6 Å². The van der Waals surface area contributed by atoms with E-state index in [0.717, 1.165) is 51.4 Å². The van der Waals surface area contributed by atoms with Gasteiger partial charge in [-0.3, -0.25) is 9.59 Å². The van der Waals surface area contributed by atoms with Crippen molar-refractivity contribution in [2.75, 3.05) is 0 Å². The molecule has 0 heterocycles. The average molecular weight is 322 g/mol. The molecule has 0 aromatic rings. The van der Waals surface area contributed by atoms with Gasteiger partial charge in [0.15, 0.2) is 0 Å². The molecule has 0 saturated heterocycles. The SMILES string of the molecule is CC(=O)O[C@H]1CC[C@@]2(C)[C@H](CC[C@H]3C[C@@](C)(C(=O)O)CC[C@@H]32)C1. The number of carboxylic acid groups (broad SMARTS) is 1. The lowest BCUT2D eigenvalue weighted by Crippen LogP contribution is -2.52. The van der Waals surface area contributed by atoms with E-state index < -0.39 is 11.4 Å². The molecule has 4 nitrogen and oxygen atoms in total. The summed E-state index contributed by atoms with van der Waals surface area (Å²) in [6, 6.07) is 0. The zero-order valence-electron chi connectivity index (χ0n) is 14.6. The molecule has 1 N–H and O–H groups in total. The Kier molecular flexibility index (Phi) is 4.22. The highest BCUT2D eigenvalue weighted by atomic mass is 16.5. The third-order valence-electron chi connectivity index (χ3n) is 7.36. The Hall–Kier alpha value is -1.06. The Morgan fingerprint density at radius 2 is 1.83 bits per heavy atom. The molecule has 3 saturated carbocycles. The zero-order valence-corrected chi connectivity index (χ0v) is 14.6. The Morgan fingerprint density at radius 3 is 2.48 bits per heavy atom. The standard InChI is InChI=1S/C19H30O4/c1-12(20)23-15-6-9-19(3)14(10-15)5-4-13-11-18(2,17(21)22)8-7-16(13)19/h13-16H,4-11H2,1-3H3,(H,21,22)/t13-,14+,15-,16-,18-,19-/m0/s1. The Labute approximate surface area is 139 Å². The monoisotopic (exact) mass is 322 g/mol. The maximum Gasteiger partial charge on any atom is 0.309 e. The third kappa shape index (κ3) is 2.89. The fourth-order valence-corrected chi connectivity index (χ4v) is 5.97. The summed E-state index contributed by atoms with van der Waals surface area (Å²) in [5.41, 5.74) is -0.224. The van der Waals surface area contributed by atoms with Crippen molar-refractivity contribution in [3.05, 3.63) is 0 Å². The van der Waals surface area contributed by atoms with Crippen molar-refractivity contribution in [1.82, 2.24) is 0 Å². The molecule has 0 unspecified atom stereocenters. The molecule has 3 aliphatic rings. The molecule has 0 aromatic carbocycles. The van der Waals surface area contributed by atoms with E-state index in [-0.39, 0.29) is 12.1 Å². The van der Waals surface area contributed by atoms with Gasteiger partial charge in [0, 0.05) is 6.92 Å². The Morgan fingerprint density at radius 1 is 1.09 bits per heavy atom. The highest BCUT2D eigenvalue weighted by Crippen LogP contribution is 2.61. The van der Waals surface area contributed by atoms with Crippen molar-refractivity contribution >= 4 is 11.9 Å². The first kappa shape index (κ1) is 16.8. The fourth-order valence-electron chi connectivity index (χ4n) is 5.97. The summed E-state index contributed by atoms with van der Waals surface area (Å²) in [6.45, 7) is 5.85. The summed E-state index contributed by atoms with van der Waals surface area (Å²) in [6.07, 6.45) is 8.14. The molecule has 4 heteroatoms. The largest absolute Gasteiger partial charge is 0.481 e. The summed E-state index contributed by atoms with van der Waals surface area (Å²) >= 11 is 0. The van der Waals surface area contributed by atoms with Gasteiger partial charge in [-0.1, -0.05) is 6.92 Å². The molecule has 130 valence electrons. The van der Waals surface area contributed by atoms with E-state index in [4.69, 9.17) is 4.74 Å². The van der Waals surface area contributed by atoms with Crippen molar-refractivity contribution in [3.63, 3.8) is 0 Å². The maximum atomic E-state index is 11.6. The van der Waals surface area contributed by atoms with Crippen LogP contribution in [0.3, 0.4) is 0 Å². The first-order valence-corrected chi connectivity index (χ1v) is 9.15. The summed E-state index contributed by atoms with van der Waals surface area (Å²) < 4.78 is 5.47. The highest BCUT2D eigenvalue weighted by Gasteiger charge is 2.55. The van der Waals surface area contributed by atoms with Crippen LogP contribution in [0.25, 0.3) is 0 Å². The minimum Gasteiger partial charge on any atom is -0.481 e. The first-order valence-electron chi connectivity index (χ1n) is 9.15. The summed E-state index contributed by atoms with van der Waals surface area (Å²) in [5, 5.41) is 9.55. The number of carbonyl (C=O) groups is 2. The predicted molar refractivity (Wildman–Crippen MR) is 86.8 cm³/mol. The van der Waals surface area contributed by atoms with Gasteiger partial charge >= 0.3 is 11.9 Å². The van der Waals surface area contributed by atoms with Crippen LogP contribution < -0.4 is 0 Å². The molecule has 0 spiro atoms. The molecular weight excluding hydrogens is 292 g/mol. The van der Waals surface area contributed by atoms with E-state index in [1.165, 1.54) is 6.92 Å². The molecule has 0 bridgehead atoms. The quantitative estimate of drug-likeness (QED) is 0.780. The molecule has 0 radical (unpaired) electrons. The lowest BCUT2D eigenvalue weighted by molar-refractivity contribution is -0.162. The van der Waals surface area contributed by atoms with Crippen LogP contribution >= 0.6 is 0 Å². The van der Waals surface area contributed by atoms with Crippen molar-refractivity contribution in [1.29, 1.82) is 0 Å². The van der Waals surface area contributed by atoms with Crippen molar-refractivity contribution in [2.24, 2.45) is 28.6 Å². The Balaban J connectivity index is 1.72. The molecule has 0 aliphatic heterocycles. The molecule has 0 aromatic heterocycles. The van der Waals surface area contributed by atoms with E-state index in [1.54, 1.807) is 0 Å². The van der Waals surface area contributed by atoms with E-state index in [0.29, 0.717) is 23.2 Å². The van der Waals surface area contributed by atoms with Gasteiger partial charge in [0.2, 0.25) is 0 Å². The van der Waals surface area contributed by atoms with Crippen LogP contribution in [0.1, 0.15) is 72.1 Å². The zero-order chi connectivity index (χ0) is 16.8. The van der Waals surface area contributed by atoms with E-state index in [2.05, 4.69) is 6.92 Å². The number of ether oxygens (including phenoxy) is 1. The predicted octanol–water partition coefficient (Wildman–Crippen LogP) is 4.03. The molecule has 3 aliphatic carbocycles. The number of esters is 1. The summed E-state index contributed by atoms with van der Waals surface area (Å²) in [5.74, 6) is 1.03. The second kappa shape index (κ2) is 5.78. The van der Waals surface area contributed by atoms with Gasteiger partial charge in [-0.2, -0.15) is 0 Å². The lowest BCUT2D eigenvalue weighted by Gasteiger charge is -2.58. The number of aliphatic carboxylic acids is 1. The molecule has 23 heavy (non-hydrogen) atoms. The van der Waals surface area contributed by atoms with Gasteiger partial charge in [-0.05, 0) is 81.5 Å². The van der Waals surface area contributed by atoms with Crippen molar-refractivity contribution < 1.29 is 19.4 Å². The first-order chi connectivity index (χ1) is 10.7.